The van der Waals surface area contributed by atoms with Crippen molar-refractivity contribution in [2.75, 3.05) is 24.2 Å². The van der Waals surface area contributed by atoms with Crippen LogP contribution in [0, 0.1) is 12.7 Å². The first-order valence-corrected chi connectivity index (χ1v) is 8.17. The van der Waals surface area contributed by atoms with Crippen LogP contribution >= 0.6 is 0 Å². The normalized spacial score (nSPS) is 12.8. The summed E-state index contributed by atoms with van der Waals surface area (Å²) in [5.41, 5.74) is 13.3. The summed E-state index contributed by atoms with van der Waals surface area (Å²) in [7, 11) is 0. The zero-order valence-electron chi connectivity index (χ0n) is 14.4. The molecule has 0 bridgehead atoms. The lowest BCUT2D eigenvalue weighted by Gasteiger charge is -2.22. The monoisotopic (exact) mass is 369 g/mol. The maximum absolute atomic E-state index is 15.0. The van der Waals surface area contributed by atoms with Gasteiger partial charge in [0.05, 0.1) is 5.69 Å². The maximum atomic E-state index is 15.0. The SMILES string of the molecule is Cc1c(-c2cc3cc(OC(N)=O)ncc3c(N)c2F)cnc2c1NCCO2. The molecule has 1 aliphatic rings. The molecule has 9 heteroatoms. The summed E-state index contributed by atoms with van der Waals surface area (Å²) in [6.07, 6.45) is 1.90. The molecule has 5 N–H and O–H groups in total. The van der Waals surface area contributed by atoms with Crippen LogP contribution in [0.5, 0.6) is 11.8 Å². The first kappa shape index (κ1) is 16.8. The van der Waals surface area contributed by atoms with Crippen molar-refractivity contribution in [3.63, 3.8) is 0 Å². The van der Waals surface area contributed by atoms with E-state index in [4.69, 9.17) is 20.9 Å². The zero-order valence-corrected chi connectivity index (χ0v) is 14.4. The Bertz CT molecular complexity index is 1090. The number of ether oxygens (including phenoxy) is 2. The van der Waals surface area contributed by atoms with Crippen molar-refractivity contribution in [3.05, 3.63) is 35.9 Å². The third-order valence-corrected chi connectivity index (χ3v) is 4.42. The summed E-state index contributed by atoms with van der Waals surface area (Å²) < 4.78 is 25.3. The Labute approximate surface area is 153 Å². The molecular formula is C18H16FN5O3. The van der Waals surface area contributed by atoms with Gasteiger partial charge in [0.25, 0.3) is 0 Å². The number of nitrogens with one attached hydrogen (secondary N) is 1. The van der Waals surface area contributed by atoms with Gasteiger partial charge in [0, 0.05) is 41.5 Å². The summed E-state index contributed by atoms with van der Waals surface area (Å²) in [5.74, 6) is -0.0882. The van der Waals surface area contributed by atoms with Crippen molar-refractivity contribution < 1.29 is 18.7 Å². The van der Waals surface area contributed by atoms with E-state index in [0.29, 0.717) is 35.4 Å². The van der Waals surface area contributed by atoms with Crippen LogP contribution in [-0.4, -0.2) is 29.2 Å². The fraction of sp³-hybridized carbons (Fsp3) is 0.167. The first-order chi connectivity index (χ1) is 13.0. The molecule has 0 saturated heterocycles. The number of rotatable bonds is 2. The van der Waals surface area contributed by atoms with Gasteiger partial charge in [-0.2, -0.15) is 0 Å². The van der Waals surface area contributed by atoms with Crippen LogP contribution in [0.3, 0.4) is 0 Å². The van der Waals surface area contributed by atoms with Crippen LogP contribution in [0.4, 0.5) is 20.6 Å². The number of carbonyl (C=O) groups excluding carboxylic acids is 1. The van der Waals surface area contributed by atoms with E-state index in [1.165, 1.54) is 12.3 Å². The van der Waals surface area contributed by atoms with Crippen LogP contribution < -0.4 is 26.3 Å². The van der Waals surface area contributed by atoms with Gasteiger partial charge >= 0.3 is 6.09 Å². The van der Waals surface area contributed by atoms with Crippen LogP contribution in [0.1, 0.15) is 5.56 Å². The highest BCUT2D eigenvalue weighted by Gasteiger charge is 2.21. The maximum Gasteiger partial charge on any atom is 0.411 e. The Morgan fingerprint density at radius 3 is 2.89 bits per heavy atom. The van der Waals surface area contributed by atoms with Crippen molar-refractivity contribution in [2.24, 2.45) is 5.73 Å². The zero-order chi connectivity index (χ0) is 19.1. The molecule has 2 aromatic heterocycles. The third-order valence-electron chi connectivity index (χ3n) is 4.42. The molecule has 0 atom stereocenters. The van der Waals surface area contributed by atoms with Gasteiger partial charge in [-0.25, -0.2) is 19.2 Å². The number of carbonyl (C=O) groups is 1. The summed E-state index contributed by atoms with van der Waals surface area (Å²) >= 11 is 0. The van der Waals surface area contributed by atoms with Gasteiger partial charge in [0.2, 0.25) is 11.8 Å². The molecule has 1 aromatic carbocycles. The molecule has 27 heavy (non-hydrogen) atoms. The molecule has 1 aliphatic heterocycles. The minimum Gasteiger partial charge on any atom is -0.474 e. The fourth-order valence-electron chi connectivity index (χ4n) is 3.12. The molecule has 0 radical (unpaired) electrons. The largest absolute Gasteiger partial charge is 0.474 e. The van der Waals surface area contributed by atoms with E-state index < -0.39 is 11.9 Å². The standard InChI is InChI=1S/C18H16FN5O3/c1-8-11(6-24-17-16(8)22-2-3-26-17)10-4-9-5-13(27-18(21)25)23-7-12(9)15(20)14(10)19/h4-7,22H,2-3,20H2,1H3,(H2,21,25). The highest BCUT2D eigenvalue weighted by atomic mass is 19.1. The molecule has 0 fully saturated rings. The molecule has 0 aliphatic carbocycles. The number of aromatic nitrogens is 2. The highest BCUT2D eigenvalue weighted by Crippen LogP contribution is 2.39. The van der Waals surface area contributed by atoms with Crippen molar-refractivity contribution in [1.82, 2.24) is 9.97 Å². The molecule has 0 unspecified atom stereocenters. The molecule has 138 valence electrons. The van der Waals surface area contributed by atoms with E-state index in [-0.39, 0.29) is 17.1 Å². The lowest BCUT2D eigenvalue weighted by Crippen LogP contribution is -2.20. The predicted octanol–water partition coefficient (Wildman–Crippen LogP) is 2.59. The van der Waals surface area contributed by atoms with Crippen molar-refractivity contribution in [2.45, 2.75) is 6.92 Å². The van der Waals surface area contributed by atoms with Gasteiger partial charge in [-0.1, -0.05) is 0 Å². The van der Waals surface area contributed by atoms with Gasteiger partial charge < -0.3 is 26.3 Å². The van der Waals surface area contributed by atoms with Crippen molar-refractivity contribution >= 4 is 28.2 Å². The van der Waals surface area contributed by atoms with Gasteiger partial charge in [-0.15, -0.1) is 0 Å². The van der Waals surface area contributed by atoms with Crippen LogP contribution in [0.2, 0.25) is 0 Å². The number of nitrogen functional groups attached to an aromatic ring is 1. The minimum absolute atomic E-state index is 0.00214. The van der Waals surface area contributed by atoms with E-state index in [2.05, 4.69) is 15.3 Å². The lowest BCUT2D eigenvalue weighted by molar-refractivity contribution is 0.209. The fourth-order valence-corrected chi connectivity index (χ4v) is 3.12. The molecule has 4 rings (SSSR count). The number of nitrogens with two attached hydrogens (primary N) is 2. The van der Waals surface area contributed by atoms with Crippen LogP contribution in [0.25, 0.3) is 21.9 Å². The lowest BCUT2D eigenvalue weighted by atomic mass is 9.97. The number of pyridine rings is 2. The third kappa shape index (κ3) is 2.82. The number of amides is 1. The Balaban J connectivity index is 1.91. The van der Waals surface area contributed by atoms with Crippen molar-refractivity contribution in [3.8, 4) is 22.9 Å². The number of benzene rings is 1. The molecular weight excluding hydrogens is 353 g/mol. The van der Waals surface area contributed by atoms with Crippen LogP contribution in [0.15, 0.2) is 24.5 Å². The quantitative estimate of drug-likeness (QED) is 0.593. The average Bonchev–Trinajstić information content (AvgIpc) is 2.65. The number of nitrogens with zero attached hydrogens (tertiary/aromatic N) is 2. The number of hydrogen-bond acceptors (Lipinski definition) is 7. The Morgan fingerprint density at radius 2 is 2.11 bits per heavy atom. The number of fused-ring (bicyclic) bond motifs is 2. The van der Waals surface area contributed by atoms with Gasteiger partial charge in [-0.05, 0) is 23.9 Å². The van der Waals surface area contributed by atoms with E-state index in [9.17, 15) is 4.79 Å². The molecule has 3 aromatic rings. The molecule has 3 heterocycles. The summed E-state index contributed by atoms with van der Waals surface area (Å²) in [5, 5.41) is 4.17. The average molecular weight is 369 g/mol. The van der Waals surface area contributed by atoms with Crippen LogP contribution in [-0.2, 0) is 0 Å². The number of halogens is 1. The predicted molar refractivity (Wildman–Crippen MR) is 98.3 cm³/mol. The smallest absolute Gasteiger partial charge is 0.411 e. The molecule has 0 spiro atoms. The Hall–Kier alpha value is -3.62. The van der Waals surface area contributed by atoms with E-state index in [1.807, 2.05) is 6.92 Å². The second-order valence-electron chi connectivity index (χ2n) is 6.07. The minimum atomic E-state index is -0.988. The Kier molecular flexibility index (Phi) is 3.91. The van der Waals surface area contributed by atoms with Gasteiger partial charge in [0.15, 0.2) is 5.82 Å². The second-order valence-corrected chi connectivity index (χ2v) is 6.07. The van der Waals surface area contributed by atoms with E-state index >= 15 is 4.39 Å². The molecule has 8 nitrogen and oxygen atoms in total. The summed E-state index contributed by atoms with van der Waals surface area (Å²) in [4.78, 5) is 19.1. The van der Waals surface area contributed by atoms with E-state index in [1.54, 1.807) is 12.3 Å². The van der Waals surface area contributed by atoms with Gasteiger partial charge in [-0.3, -0.25) is 0 Å². The second kappa shape index (κ2) is 6.27. The van der Waals surface area contributed by atoms with E-state index in [0.717, 1.165) is 11.3 Å². The van der Waals surface area contributed by atoms with Crippen molar-refractivity contribution in [1.29, 1.82) is 0 Å². The number of hydrogen-bond donors (Lipinski definition) is 3. The number of primary amides is 1. The summed E-state index contributed by atoms with van der Waals surface area (Å²) in [6.45, 7) is 3.01. The topological polar surface area (TPSA) is 125 Å². The Morgan fingerprint density at radius 1 is 1.30 bits per heavy atom. The molecule has 0 saturated carbocycles. The van der Waals surface area contributed by atoms with Gasteiger partial charge in [0.1, 0.15) is 12.3 Å². The summed E-state index contributed by atoms with van der Waals surface area (Å²) in [6, 6.07) is 3.08. The first-order valence-electron chi connectivity index (χ1n) is 8.17. The number of anilines is 2. The molecule has 1 amide bonds. The highest BCUT2D eigenvalue weighted by molar-refractivity contribution is 5.98.